The highest BCUT2D eigenvalue weighted by Crippen LogP contribution is 2.14. The smallest absolute Gasteiger partial charge is 0.306 e. The molecule has 3 aromatic carbocycles. The molecule has 0 saturated carbocycles. The number of carbonyl (C=O) groups is 3. The van der Waals surface area contributed by atoms with Gasteiger partial charge < -0.3 is 9.47 Å². The van der Waals surface area contributed by atoms with Gasteiger partial charge >= 0.3 is 5.97 Å². The van der Waals surface area contributed by atoms with Gasteiger partial charge in [-0.3, -0.25) is 25.2 Å². The fourth-order valence-electron chi connectivity index (χ4n) is 2.92. The molecule has 0 aliphatic carbocycles. The van der Waals surface area contributed by atoms with E-state index < -0.39 is 17.8 Å². The summed E-state index contributed by atoms with van der Waals surface area (Å²) in [6.45, 7) is 0.684. The van der Waals surface area contributed by atoms with Crippen LogP contribution in [0, 0.1) is 0 Å². The van der Waals surface area contributed by atoms with Crippen LogP contribution in [-0.4, -0.2) is 24.4 Å². The van der Waals surface area contributed by atoms with E-state index in [1.807, 2.05) is 60.7 Å². The van der Waals surface area contributed by atoms with E-state index in [9.17, 15) is 14.4 Å². The molecule has 7 nitrogen and oxygen atoms in total. The summed E-state index contributed by atoms with van der Waals surface area (Å²) >= 11 is 0. The molecule has 0 radical (unpaired) electrons. The number of ether oxygens (including phenoxy) is 2. The lowest BCUT2D eigenvalue weighted by molar-refractivity contribution is -0.144. The molecule has 0 heterocycles. The van der Waals surface area contributed by atoms with Crippen molar-refractivity contribution in [3.8, 4) is 5.75 Å². The first-order chi connectivity index (χ1) is 16.1. The first kappa shape index (κ1) is 23.5. The van der Waals surface area contributed by atoms with Crippen molar-refractivity contribution in [2.45, 2.75) is 25.9 Å². The maximum atomic E-state index is 12.2. The molecule has 0 bridgehead atoms. The van der Waals surface area contributed by atoms with Crippen LogP contribution < -0.4 is 15.6 Å². The van der Waals surface area contributed by atoms with Crippen molar-refractivity contribution in [1.82, 2.24) is 10.9 Å². The number of nitrogens with one attached hydrogen (secondary N) is 2. The maximum Gasteiger partial charge on any atom is 0.306 e. The summed E-state index contributed by atoms with van der Waals surface area (Å²) in [5.41, 5.74) is 7.11. The molecule has 0 fully saturated rings. The number of amides is 2. The predicted molar refractivity (Wildman–Crippen MR) is 123 cm³/mol. The Hall–Kier alpha value is -4.13. The van der Waals surface area contributed by atoms with Gasteiger partial charge in [0.2, 0.25) is 5.91 Å². The fourth-order valence-corrected chi connectivity index (χ4v) is 2.92. The molecule has 0 spiro atoms. The van der Waals surface area contributed by atoms with Crippen LogP contribution in [0.2, 0.25) is 0 Å². The molecule has 170 valence electrons. The minimum atomic E-state index is -0.480. The Morgan fingerprint density at radius 2 is 1.33 bits per heavy atom. The SMILES string of the molecule is O=C(CCC(=O)OCCc1ccccc1)NNC(=O)c1ccc(OCc2ccccc2)cc1. The summed E-state index contributed by atoms with van der Waals surface area (Å²) in [5, 5.41) is 0. The van der Waals surface area contributed by atoms with E-state index in [0.29, 0.717) is 24.3 Å². The zero-order valence-corrected chi connectivity index (χ0v) is 18.2. The van der Waals surface area contributed by atoms with Crippen LogP contribution in [0.3, 0.4) is 0 Å². The van der Waals surface area contributed by atoms with Crippen LogP contribution in [0.1, 0.15) is 34.3 Å². The van der Waals surface area contributed by atoms with E-state index in [1.165, 1.54) is 0 Å². The number of esters is 1. The summed E-state index contributed by atoms with van der Waals surface area (Å²) in [6.07, 6.45) is 0.464. The van der Waals surface area contributed by atoms with Crippen LogP contribution in [0.15, 0.2) is 84.9 Å². The monoisotopic (exact) mass is 446 g/mol. The Balaban J connectivity index is 1.31. The highest BCUT2D eigenvalue weighted by Gasteiger charge is 2.11. The van der Waals surface area contributed by atoms with Gasteiger partial charge in [0.1, 0.15) is 12.4 Å². The predicted octanol–water partition coefficient (Wildman–Crippen LogP) is 3.59. The highest BCUT2D eigenvalue weighted by atomic mass is 16.5. The van der Waals surface area contributed by atoms with Gasteiger partial charge in [-0.15, -0.1) is 0 Å². The molecule has 2 amide bonds. The van der Waals surface area contributed by atoms with Crippen molar-refractivity contribution >= 4 is 17.8 Å². The number of hydrogen-bond donors (Lipinski definition) is 2. The minimum Gasteiger partial charge on any atom is -0.489 e. The molecule has 0 atom stereocenters. The summed E-state index contributed by atoms with van der Waals surface area (Å²) in [7, 11) is 0. The van der Waals surface area contributed by atoms with Gasteiger partial charge in [0.15, 0.2) is 0 Å². The molecule has 2 N–H and O–H groups in total. The van der Waals surface area contributed by atoms with E-state index >= 15 is 0 Å². The van der Waals surface area contributed by atoms with Crippen molar-refractivity contribution in [1.29, 1.82) is 0 Å². The number of rotatable bonds is 10. The largest absolute Gasteiger partial charge is 0.489 e. The van der Waals surface area contributed by atoms with E-state index in [4.69, 9.17) is 9.47 Å². The van der Waals surface area contributed by atoms with E-state index in [-0.39, 0.29) is 19.4 Å². The quantitative estimate of drug-likeness (QED) is 0.367. The van der Waals surface area contributed by atoms with Gasteiger partial charge in [-0.05, 0) is 35.4 Å². The Kier molecular flexibility index (Phi) is 9.03. The fraction of sp³-hybridized carbons (Fsp3) is 0.192. The minimum absolute atomic E-state index is 0.0655. The molecule has 3 aromatic rings. The van der Waals surface area contributed by atoms with Gasteiger partial charge in [0, 0.05) is 18.4 Å². The summed E-state index contributed by atoms with van der Waals surface area (Å²) in [4.78, 5) is 35.9. The number of hydrogen-bond acceptors (Lipinski definition) is 5. The van der Waals surface area contributed by atoms with E-state index in [1.54, 1.807) is 24.3 Å². The third kappa shape index (κ3) is 8.49. The average molecular weight is 447 g/mol. The zero-order valence-electron chi connectivity index (χ0n) is 18.2. The van der Waals surface area contributed by atoms with Crippen LogP contribution in [0.4, 0.5) is 0 Å². The van der Waals surface area contributed by atoms with E-state index in [0.717, 1.165) is 11.1 Å². The lowest BCUT2D eigenvalue weighted by Gasteiger charge is -2.09. The van der Waals surface area contributed by atoms with Crippen molar-refractivity contribution in [2.24, 2.45) is 0 Å². The Bertz CT molecular complexity index is 1040. The summed E-state index contributed by atoms with van der Waals surface area (Å²) < 4.78 is 10.8. The molecular weight excluding hydrogens is 420 g/mol. The average Bonchev–Trinajstić information content (AvgIpc) is 2.86. The first-order valence-electron chi connectivity index (χ1n) is 10.7. The molecule has 0 aliphatic rings. The van der Waals surface area contributed by atoms with Gasteiger partial charge in [-0.1, -0.05) is 60.7 Å². The topological polar surface area (TPSA) is 93.7 Å². The van der Waals surface area contributed by atoms with Crippen molar-refractivity contribution in [3.05, 3.63) is 102 Å². The molecule has 7 heteroatoms. The second-order valence-corrected chi connectivity index (χ2v) is 7.26. The van der Waals surface area contributed by atoms with Crippen LogP contribution >= 0.6 is 0 Å². The molecule has 33 heavy (non-hydrogen) atoms. The molecule has 3 rings (SSSR count). The third-order valence-electron chi connectivity index (χ3n) is 4.73. The van der Waals surface area contributed by atoms with Gasteiger partial charge in [0.05, 0.1) is 13.0 Å². The Morgan fingerprint density at radius 1 is 0.697 bits per heavy atom. The van der Waals surface area contributed by atoms with Gasteiger partial charge in [-0.2, -0.15) is 0 Å². The van der Waals surface area contributed by atoms with Gasteiger partial charge in [0.25, 0.3) is 5.91 Å². The molecule has 0 aliphatic heterocycles. The lowest BCUT2D eigenvalue weighted by Crippen LogP contribution is -2.41. The zero-order chi connectivity index (χ0) is 23.3. The summed E-state index contributed by atoms with van der Waals surface area (Å²) in [6, 6.07) is 26.0. The molecule has 0 unspecified atom stereocenters. The van der Waals surface area contributed by atoms with Crippen LogP contribution in [0.25, 0.3) is 0 Å². The van der Waals surface area contributed by atoms with Crippen molar-refractivity contribution in [3.63, 3.8) is 0 Å². The van der Waals surface area contributed by atoms with Crippen molar-refractivity contribution in [2.75, 3.05) is 6.61 Å². The number of hydrazine groups is 1. The lowest BCUT2D eigenvalue weighted by atomic mass is 10.2. The summed E-state index contributed by atoms with van der Waals surface area (Å²) in [5.74, 6) is -0.779. The Morgan fingerprint density at radius 3 is 2.00 bits per heavy atom. The van der Waals surface area contributed by atoms with Crippen LogP contribution in [0.5, 0.6) is 5.75 Å². The first-order valence-corrected chi connectivity index (χ1v) is 10.7. The Labute approximate surface area is 192 Å². The van der Waals surface area contributed by atoms with Crippen LogP contribution in [-0.2, 0) is 27.4 Å². The second kappa shape index (κ2) is 12.7. The number of carbonyl (C=O) groups excluding carboxylic acids is 3. The number of benzene rings is 3. The van der Waals surface area contributed by atoms with Gasteiger partial charge in [-0.25, -0.2) is 0 Å². The molecule has 0 aromatic heterocycles. The second-order valence-electron chi connectivity index (χ2n) is 7.26. The van der Waals surface area contributed by atoms with E-state index in [2.05, 4.69) is 10.9 Å². The third-order valence-corrected chi connectivity index (χ3v) is 4.73. The standard InChI is InChI=1S/C26H26N2O5/c29-24(15-16-25(30)32-18-17-20-7-3-1-4-8-20)27-28-26(31)22-11-13-23(14-12-22)33-19-21-9-5-2-6-10-21/h1-14H,15-19H2,(H,27,29)(H,28,31). The van der Waals surface area contributed by atoms with Crippen molar-refractivity contribution < 1.29 is 23.9 Å². The molecule has 0 saturated heterocycles. The highest BCUT2D eigenvalue weighted by molar-refractivity contribution is 5.95. The molecular formula is C26H26N2O5. The normalized spacial score (nSPS) is 10.2. The maximum absolute atomic E-state index is 12.2.